The van der Waals surface area contributed by atoms with Crippen molar-refractivity contribution in [3.63, 3.8) is 0 Å². The van der Waals surface area contributed by atoms with Gasteiger partial charge in [0, 0.05) is 38.6 Å². The molecule has 1 fully saturated rings. The molecule has 1 saturated heterocycles. The Balaban J connectivity index is 0.000000376. The number of ether oxygens (including phenoxy) is 2. The summed E-state index contributed by atoms with van der Waals surface area (Å²) >= 11 is 0. The summed E-state index contributed by atoms with van der Waals surface area (Å²) < 4.78 is 90.4. The molecule has 5 rings (SSSR count). The van der Waals surface area contributed by atoms with E-state index < -0.39 is 36.0 Å². The molecule has 262 valence electrons. The molecule has 3 N–H and O–H groups in total. The Hall–Kier alpha value is -4.71. The first kappa shape index (κ1) is 37.7. The summed E-state index contributed by atoms with van der Waals surface area (Å²) in [4.78, 5) is 37.8. The number of carboxylic acid groups (broad SMARTS) is 2. The number of hydrogen-bond acceptors (Lipinski definition) is 7. The predicted molar refractivity (Wildman–Crippen MR) is 152 cm³/mol. The van der Waals surface area contributed by atoms with Crippen LogP contribution in [0.5, 0.6) is 5.75 Å². The second-order valence-corrected chi connectivity index (χ2v) is 10.6. The number of rotatable bonds is 6. The van der Waals surface area contributed by atoms with E-state index in [1.54, 1.807) is 13.3 Å². The van der Waals surface area contributed by atoms with Crippen molar-refractivity contribution in [3.8, 4) is 5.75 Å². The molecule has 2 aliphatic rings. The second kappa shape index (κ2) is 15.9. The van der Waals surface area contributed by atoms with Gasteiger partial charge in [0.15, 0.2) is 6.10 Å². The van der Waals surface area contributed by atoms with E-state index in [2.05, 4.69) is 19.8 Å². The molecule has 48 heavy (non-hydrogen) atoms. The summed E-state index contributed by atoms with van der Waals surface area (Å²) in [6.07, 6.45) is -5.55. The molecule has 1 aromatic heterocycles. The Labute approximate surface area is 268 Å². The average Bonchev–Trinajstić information content (AvgIpc) is 3.52. The number of carbonyl (C=O) groups excluding carboxylic acids is 1. The van der Waals surface area contributed by atoms with Gasteiger partial charge in [-0.2, -0.15) is 26.3 Å². The lowest BCUT2D eigenvalue weighted by atomic mass is 9.88. The fourth-order valence-electron chi connectivity index (χ4n) is 4.84. The molecule has 3 heterocycles. The van der Waals surface area contributed by atoms with Crippen LogP contribution < -0.4 is 10.1 Å². The van der Waals surface area contributed by atoms with Crippen molar-refractivity contribution in [1.82, 2.24) is 19.8 Å². The standard InChI is InChI=1S/C26H29FN4O3.2C2HF3O2/c1-33-22-8-4-19(5-9-22)16-29-24(32)23-18-31-15-12-28-25(31)26(34-23)10-13-30(14-11-26)17-20-2-6-21(27)7-3-20;2*3-2(4,5)1(6)7/h2-9,12,15,23H,10-11,13-14,16-18H2,1H3,(H,29,32);2*(H,6,7). The fraction of sp³-hybridized carbons (Fsp3) is 0.400. The van der Waals surface area contributed by atoms with Crippen LogP contribution in [-0.4, -0.2) is 81.2 Å². The highest BCUT2D eigenvalue weighted by Crippen LogP contribution is 2.40. The molecule has 11 nitrogen and oxygen atoms in total. The van der Waals surface area contributed by atoms with Gasteiger partial charge in [-0.05, 0) is 48.2 Å². The summed E-state index contributed by atoms with van der Waals surface area (Å²) in [5.41, 5.74) is 1.50. The Bertz CT molecular complexity index is 1500. The second-order valence-electron chi connectivity index (χ2n) is 10.6. The maximum absolute atomic E-state index is 13.2. The zero-order valence-electron chi connectivity index (χ0n) is 25.2. The monoisotopic (exact) mass is 692 g/mol. The smallest absolute Gasteiger partial charge is 0.490 e. The third-order valence-electron chi connectivity index (χ3n) is 7.24. The molecule has 3 aromatic rings. The summed E-state index contributed by atoms with van der Waals surface area (Å²) in [5, 5.41) is 17.3. The highest BCUT2D eigenvalue weighted by atomic mass is 19.4. The number of imidazole rings is 1. The first-order chi connectivity index (χ1) is 22.4. The Morgan fingerprint density at radius 3 is 1.96 bits per heavy atom. The number of nitrogens with one attached hydrogen (secondary N) is 1. The number of carboxylic acids is 2. The molecule has 0 radical (unpaired) electrons. The van der Waals surface area contributed by atoms with Crippen molar-refractivity contribution in [1.29, 1.82) is 0 Å². The van der Waals surface area contributed by atoms with Crippen LogP contribution >= 0.6 is 0 Å². The number of nitrogens with zero attached hydrogens (tertiary/aromatic N) is 3. The molecule has 0 aliphatic carbocycles. The van der Waals surface area contributed by atoms with Gasteiger partial charge in [0.2, 0.25) is 0 Å². The molecular formula is C30H31F7N4O7. The number of amides is 1. The van der Waals surface area contributed by atoms with Gasteiger partial charge in [0.25, 0.3) is 5.91 Å². The molecule has 1 spiro atoms. The van der Waals surface area contributed by atoms with Gasteiger partial charge in [0.1, 0.15) is 23.0 Å². The number of likely N-dealkylation sites (tertiary alicyclic amines) is 1. The van der Waals surface area contributed by atoms with E-state index in [0.29, 0.717) is 13.1 Å². The average molecular weight is 693 g/mol. The molecule has 0 saturated carbocycles. The topological polar surface area (TPSA) is 143 Å². The number of benzene rings is 2. The lowest BCUT2D eigenvalue weighted by molar-refractivity contribution is -0.193. The van der Waals surface area contributed by atoms with Crippen LogP contribution in [0.2, 0.25) is 0 Å². The zero-order chi connectivity index (χ0) is 35.7. The van der Waals surface area contributed by atoms with Crippen molar-refractivity contribution in [2.24, 2.45) is 0 Å². The van der Waals surface area contributed by atoms with Crippen molar-refractivity contribution in [3.05, 3.63) is 83.7 Å². The van der Waals surface area contributed by atoms with E-state index in [0.717, 1.165) is 55.2 Å². The quantitative estimate of drug-likeness (QED) is 0.318. The minimum atomic E-state index is -5.08. The van der Waals surface area contributed by atoms with Crippen molar-refractivity contribution in [2.75, 3.05) is 20.2 Å². The highest BCUT2D eigenvalue weighted by molar-refractivity contribution is 5.81. The van der Waals surface area contributed by atoms with Crippen LogP contribution in [0, 0.1) is 5.82 Å². The molecule has 2 aliphatic heterocycles. The first-order valence-corrected chi connectivity index (χ1v) is 14.1. The number of aliphatic carboxylic acids is 2. The van der Waals surface area contributed by atoms with Gasteiger partial charge in [-0.25, -0.2) is 19.0 Å². The van der Waals surface area contributed by atoms with Crippen LogP contribution in [0.15, 0.2) is 60.9 Å². The minimum Gasteiger partial charge on any atom is -0.497 e. The van der Waals surface area contributed by atoms with E-state index in [1.807, 2.05) is 42.6 Å². The van der Waals surface area contributed by atoms with Crippen LogP contribution in [0.3, 0.4) is 0 Å². The van der Waals surface area contributed by atoms with E-state index in [4.69, 9.17) is 29.3 Å². The number of aromatic nitrogens is 2. The van der Waals surface area contributed by atoms with Crippen LogP contribution in [0.25, 0.3) is 0 Å². The number of hydrogen-bond donors (Lipinski definition) is 3. The molecule has 1 amide bonds. The third kappa shape index (κ3) is 10.7. The van der Waals surface area contributed by atoms with Crippen molar-refractivity contribution in [2.45, 2.75) is 56.5 Å². The van der Waals surface area contributed by atoms with E-state index in [-0.39, 0.29) is 11.7 Å². The SMILES string of the molecule is COc1ccc(CNC(=O)C2Cn3ccnc3C3(CCN(Cc4ccc(F)cc4)CC3)O2)cc1.O=C(O)C(F)(F)F.O=C(O)C(F)(F)F. The summed E-state index contributed by atoms with van der Waals surface area (Å²) in [7, 11) is 1.63. The number of methoxy groups -OCH3 is 1. The molecule has 18 heteroatoms. The summed E-state index contributed by atoms with van der Waals surface area (Å²) in [6.45, 7) is 3.26. The number of fused-ring (bicyclic) bond motifs is 2. The summed E-state index contributed by atoms with van der Waals surface area (Å²) in [6, 6.07) is 14.3. The maximum Gasteiger partial charge on any atom is 0.490 e. The van der Waals surface area contributed by atoms with Crippen LogP contribution in [-0.2, 0) is 44.4 Å². The lowest BCUT2D eigenvalue weighted by Crippen LogP contribution is -2.53. The zero-order valence-corrected chi connectivity index (χ0v) is 25.2. The lowest BCUT2D eigenvalue weighted by Gasteiger charge is -2.45. The molecule has 0 bridgehead atoms. The largest absolute Gasteiger partial charge is 0.497 e. The minimum absolute atomic E-state index is 0.122. The highest BCUT2D eigenvalue weighted by Gasteiger charge is 2.47. The number of halogens is 7. The number of carbonyl (C=O) groups is 3. The van der Waals surface area contributed by atoms with E-state index in [9.17, 15) is 35.5 Å². The number of piperidine rings is 1. The Morgan fingerprint density at radius 1 is 0.938 bits per heavy atom. The Morgan fingerprint density at radius 2 is 1.46 bits per heavy atom. The normalized spacial score (nSPS) is 17.1. The van der Waals surface area contributed by atoms with Gasteiger partial charge in [-0.3, -0.25) is 9.69 Å². The molecule has 1 unspecified atom stereocenters. The van der Waals surface area contributed by atoms with Gasteiger partial charge in [0.05, 0.1) is 13.7 Å². The van der Waals surface area contributed by atoms with Crippen LogP contribution in [0.4, 0.5) is 30.7 Å². The Kier molecular flexibility index (Phi) is 12.5. The molecular weight excluding hydrogens is 661 g/mol. The van der Waals surface area contributed by atoms with Crippen LogP contribution in [0.1, 0.15) is 29.8 Å². The molecule has 1 atom stereocenters. The van der Waals surface area contributed by atoms with E-state index in [1.165, 1.54) is 12.1 Å². The summed E-state index contributed by atoms with van der Waals surface area (Å²) in [5.74, 6) is -4.18. The van der Waals surface area contributed by atoms with E-state index >= 15 is 0 Å². The van der Waals surface area contributed by atoms with Crippen molar-refractivity contribution < 1.29 is 64.8 Å². The van der Waals surface area contributed by atoms with Gasteiger partial charge >= 0.3 is 24.3 Å². The number of alkyl halides is 6. The van der Waals surface area contributed by atoms with Gasteiger partial charge < -0.3 is 29.6 Å². The van der Waals surface area contributed by atoms with Gasteiger partial charge in [-0.1, -0.05) is 24.3 Å². The predicted octanol–water partition coefficient (Wildman–Crippen LogP) is 4.50. The molecule has 2 aromatic carbocycles. The fourth-order valence-corrected chi connectivity index (χ4v) is 4.84. The third-order valence-corrected chi connectivity index (χ3v) is 7.24. The maximum atomic E-state index is 13.2. The first-order valence-electron chi connectivity index (χ1n) is 14.1. The van der Waals surface area contributed by atoms with Crippen molar-refractivity contribution >= 4 is 17.8 Å². The van der Waals surface area contributed by atoms with Gasteiger partial charge in [-0.15, -0.1) is 0 Å².